The van der Waals surface area contributed by atoms with Crippen LogP contribution in [0.25, 0.3) is 0 Å². The van der Waals surface area contributed by atoms with E-state index in [9.17, 15) is 10.2 Å². The molecule has 0 radical (unpaired) electrons. The largest absolute Gasteiger partial charge is 0.390 e. The topological polar surface area (TPSA) is 40.5 Å². The molecule has 2 nitrogen and oxygen atoms in total. The van der Waals surface area contributed by atoms with Crippen LogP contribution in [0.3, 0.4) is 0 Å². The minimum absolute atomic E-state index is 0.408. The first-order valence-electron chi connectivity index (χ1n) is 8.69. The van der Waals surface area contributed by atoms with Crippen LogP contribution >= 0.6 is 0 Å². The quantitative estimate of drug-likeness (QED) is 0.524. The molecular weight excluding hydrogens is 248 g/mol. The smallest absolute Gasteiger partial charge is 0.0617 e. The van der Waals surface area contributed by atoms with E-state index < -0.39 is 11.2 Å². The van der Waals surface area contributed by atoms with E-state index in [0.29, 0.717) is 0 Å². The Hall–Kier alpha value is -0.0800. The molecular formula is C18H40O2. The molecule has 0 saturated heterocycles. The molecule has 0 heterocycles. The molecule has 0 aromatic rings. The van der Waals surface area contributed by atoms with E-state index in [1.807, 2.05) is 27.7 Å². The van der Waals surface area contributed by atoms with Crippen molar-refractivity contribution in [1.82, 2.24) is 0 Å². The maximum absolute atomic E-state index is 9.55. The maximum atomic E-state index is 9.55. The van der Waals surface area contributed by atoms with Crippen molar-refractivity contribution >= 4 is 0 Å². The summed E-state index contributed by atoms with van der Waals surface area (Å²) in [5.74, 6) is 0. The summed E-state index contributed by atoms with van der Waals surface area (Å²) < 4.78 is 0. The molecule has 0 amide bonds. The van der Waals surface area contributed by atoms with Crippen molar-refractivity contribution in [3.05, 3.63) is 0 Å². The van der Waals surface area contributed by atoms with Gasteiger partial charge in [0.1, 0.15) is 0 Å². The average molecular weight is 289 g/mol. The molecule has 124 valence electrons. The van der Waals surface area contributed by atoms with Crippen molar-refractivity contribution in [2.75, 3.05) is 0 Å². The fourth-order valence-corrected chi connectivity index (χ4v) is 1.87. The van der Waals surface area contributed by atoms with Crippen LogP contribution in [0.2, 0.25) is 0 Å². The van der Waals surface area contributed by atoms with Crippen LogP contribution in [0, 0.1) is 0 Å². The van der Waals surface area contributed by atoms with Crippen molar-refractivity contribution in [3.63, 3.8) is 0 Å². The van der Waals surface area contributed by atoms with Crippen LogP contribution in [0.5, 0.6) is 0 Å². The van der Waals surface area contributed by atoms with E-state index >= 15 is 0 Å². The molecule has 0 aliphatic heterocycles. The van der Waals surface area contributed by atoms with Crippen molar-refractivity contribution in [3.8, 4) is 0 Å². The van der Waals surface area contributed by atoms with Gasteiger partial charge in [-0.15, -0.1) is 0 Å². The summed E-state index contributed by atoms with van der Waals surface area (Å²) in [4.78, 5) is 0. The zero-order valence-corrected chi connectivity index (χ0v) is 15.0. The Kier molecular flexibility index (Phi) is 14.0. The number of aliphatic hydroxyl groups is 2. The van der Waals surface area contributed by atoms with Crippen LogP contribution in [0.15, 0.2) is 0 Å². The third-order valence-electron chi connectivity index (χ3n) is 4.16. The lowest BCUT2D eigenvalue weighted by Gasteiger charge is -2.20. The molecule has 0 aromatic carbocycles. The van der Waals surface area contributed by atoms with Gasteiger partial charge in [-0.25, -0.2) is 0 Å². The summed E-state index contributed by atoms with van der Waals surface area (Å²) in [7, 11) is 0. The van der Waals surface area contributed by atoms with Gasteiger partial charge in [0.15, 0.2) is 0 Å². The average Bonchev–Trinajstić information content (AvgIpc) is 2.40. The number of rotatable bonds is 10. The number of hydrogen-bond acceptors (Lipinski definition) is 2. The fraction of sp³-hybridized carbons (Fsp3) is 1.00. The zero-order valence-electron chi connectivity index (χ0n) is 15.0. The Labute approximate surface area is 128 Å². The summed E-state index contributed by atoms with van der Waals surface area (Å²) in [6.07, 6.45) is 10.9. The summed E-state index contributed by atoms with van der Waals surface area (Å²) in [5.41, 5.74) is -0.815. The van der Waals surface area contributed by atoms with Gasteiger partial charge in [-0.05, 0) is 39.5 Å². The Morgan fingerprint density at radius 1 is 0.600 bits per heavy atom. The van der Waals surface area contributed by atoms with E-state index in [4.69, 9.17) is 0 Å². The van der Waals surface area contributed by atoms with E-state index in [1.165, 1.54) is 25.7 Å². The maximum Gasteiger partial charge on any atom is 0.0617 e. The highest BCUT2D eigenvalue weighted by Crippen LogP contribution is 2.18. The van der Waals surface area contributed by atoms with Gasteiger partial charge >= 0.3 is 0 Å². The molecule has 20 heavy (non-hydrogen) atoms. The van der Waals surface area contributed by atoms with Crippen LogP contribution in [-0.2, 0) is 0 Å². The van der Waals surface area contributed by atoms with Crippen molar-refractivity contribution in [1.29, 1.82) is 0 Å². The molecule has 0 bridgehead atoms. The summed E-state index contributed by atoms with van der Waals surface area (Å²) in [5, 5.41) is 19.1. The fourth-order valence-electron chi connectivity index (χ4n) is 1.87. The molecule has 0 aliphatic carbocycles. The van der Waals surface area contributed by atoms with Crippen molar-refractivity contribution < 1.29 is 10.2 Å². The lowest BCUT2D eigenvalue weighted by atomic mass is 9.96. The SMILES string of the molecule is CCCCCC(C)(O)CC.CCCCCC(C)(O)CC. The van der Waals surface area contributed by atoms with Gasteiger partial charge in [0.2, 0.25) is 0 Å². The molecule has 0 saturated carbocycles. The molecule has 0 rings (SSSR count). The van der Waals surface area contributed by atoms with Gasteiger partial charge in [0, 0.05) is 0 Å². The first-order chi connectivity index (χ1) is 9.24. The van der Waals surface area contributed by atoms with Gasteiger partial charge in [-0.1, -0.05) is 66.2 Å². The monoisotopic (exact) mass is 288 g/mol. The molecule has 0 aromatic heterocycles. The van der Waals surface area contributed by atoms with Crippen LogP contribution in [-0.4, -0.2) is 21.4 Å². The van der Waals surface area contributed by atoms with E-state index in [-0.39, 0.29) is 0 Å². The molecule has 0 fully saturated rings. The summed E-state index contributed by atoms with van der Waals surface area (Å²) in [6.45, 7) is 12.3. The number of hydrogen-bond donors (Lipinski definition) is 2. The summed E-state index contributed by atoms with van der Waals surface area (Å²) in [6, 6.07) is 0. The molecule has 2 unspecified atom stereocenters. The molecule has 2 atom stereocenters. The normalized spacial score (nSPS) is 16.8. The minimum atomic E-state index is -0.408. The number of unbranched alkanes of at least 4 members (excludes halogenated alkanes) is 4. The Bertz CT molecular complexity index is 176. The third kappa shape index (κ3) is 16.0. The Morgan fingerprint density at radius 2 is 0.900 bits per heavy atom. The minimum Gasteiger partial charge on any atom is -0.390 e. The molecule has 2 heteroatoms. The molecule has 0 aliphatic rings. The van der Waals surface area contributed by atoms with Gasteiger partial charge in [-0.2, -0.15) is 0 Å². The third-order valence-corrected chi connectivity index (χ3v) is 4.16. The van der Waals surface area contributed by atoms with Gasteiger partial charge in [-0.3, -0.25) is 0 Å². The van der Waals surface area contributed by atoms with Crippen molar-refractivity contribution in [2.24, 2.45) is 0 Å². The zero-order chi connectivity index (χ0) is 16.1. The van der Waals surface area contributed by atoms with Crippen LogP contribution in [0.4, 0.5) is 0 Å². The van der Waals surface area contributed by atoms with E-state index in [0.717, 1.165) is 38.5 Å². The van der Waals surface area contributed by atoms with Crippen LogP contribution < -0.4 is 0 Å². The standard InChI is InChI=1S/2C9H20O/c2*1-4-6-7-8-9(3,10)5-2/h2*10H,4-8H2,1-3H3. The summed E-state index contributed by atoms with van der Waals surface area (Å²) >= 11 is 0. The van der Waals surface area contributed by atoms with Gasteiger partial charge in [0.05, 0.1) is 11.2 Å². The highest BCUT2D eigenvalue weighted by molar-refractivity contribution is 4.69. The van der Waals surface area contributed by atoms with Crippen molar-refractivity contribution in [2.45, 2.75) is 117 Å². The predicted molar refractivity (Wildman–Crippen MR) is 90.1 cm³/mol. The Morgan fingerprint density at radius 3 is 1.10 bits per heavy atom. The first-order valence-corrected chi connectivity index (χ1v) is 8.69. The highest BCUT2D eigenvalue weighted by Gasteiger charge is 2.16. The van der Waals surface area contributed by atoms with Gasteiger partial charge < -0.3 is 10.2 Å². The predicted octanol–water partition coefficient (Wildman–Crippen LogP) is 5.46. The second-order valence-corrected chi connectivity index (χ2v) is 6.62. The highest BCUT2D eigenvalue weighted by atomic mass is 16.3. The molecule has 2 N–H and O–H groups in total. The molecule has 0 spiro atoms. The van der Waals surface area contributed by atoms with E-state index in [1.54, 1.807) is 0 Å². The Balaban J connectivity index is 0. The lowest BCUT2D eigenvalue weighted by Crippen LogP contribution is -2.22. The van der Waals surface area contributed by atoms with Gasteiger partial charge in [0.25, 0.3) is 0 Å². The van der Waals surface area contributed by atoms with E-state index in [2.05, 4.69) is 13.8 Å². The second-order valence-electron chi connectivity index (χ2n) is 6.62. The second kappa shape index (κ2) is 12.6. The van der Waals surface area contributed by atoms with Crippen LogP contribution in [0.1, 0.15) is 106 Å². The lowest BCUT2D eigenvalue weighted by molar-refractivity contribution is 0.0439. The first kappa shape index (κ1) is 22.2.